The van der Waals surface area contributed by atoms with Crippen LogP contribution in [0.1, 0.15) is 46.0 Å². The van der Waals surface area contributed by atoms with Crippen molar-refractivity contribution in [1.82, 2.24) is 14.6 Å². The number of amides is 1. The van der Waals surface area contributed by atoms with Gasteiger partial charge in [-0.1, -0.05) is 12.1 Å². The average Bonchev–Trinajstić information content (AvgIpc) is 2.98. The van der Waals surface area contributed by atoms with Gasteiger partial charge in [-0.25, -0.2) is 23.3 Å². The molecule has 1 aromatic carbocycles. The van der Waals surface area contributed by atoms with Gasteiger partial charge < -0.3 is 25.1 Å². The fourth-order valence-electron chi connectivity index (χ4n) is 8.37. The molecule has 12 heteroatoms. The Bertz CT molecular complexity index is 1450. The van der Waals surface area contributed by atoms with E-state index in [0.29, 0.717) is 57.0 Å². The number of pyridine rings is 1. The molecule has 5 atom stereocenters. The molecule has 8 rings (SSSR count). The zero-order valence-corrected chi connectivity index (χ0v) is 25.7. The molecular formula is C31H42N6O5S. The van der Waals surface area contributed by atoms with Gasteiger partial charge in [0.2, 0.25) is 10.0 Å². The second kappa shape index (κ2) is 10.8. The number of benzene rings is 1. The Kier molecular flexibility index (Phi) is 7.21. The molecule has 11 nitrogen and oxygen atoms in total. The number of fused-ring (bicyclic) bond motifs is 1. The quantitative estimate of drug-likeness (QED) is 0.507. The van der Waals surface area contributed by atoms with E-state index in [0.717, 1.165) is 55.0 Å². The number of rotatable bonds is 6. The molecule has 3 unspecified atom stereocenters. The van der Waals surface area contributed by atoms with E-state index in [1.807, 2.05) is 42.6 Å². The SMILES string of the molecule is CC(C)S(=O)(=O)N1CCN(c2ccc(N3CCN(OC(=O)NC4[C@@H]5CC6C[C@H]4CC(O)(C6)C5)c4ccccc43)nc2)CC1. The molecule has 43 heavy (non-hydrogen) atoms. The summed E-state index contributed by atoms with van der Waals surface area (Å²) >= 11 is 0. The number of hydroxylamine groups is 1. The molecule has 4 aliphatic carbocycles. The molecule has 5 fully saturated rings. The Labute approximate surface area is 253 Å². The van der Waals surface area contributed by atoms with Crippen molar-refractivity contribution in [1.29, 1.82) is 0 Å². The minimum Gasteiger partial charge on any atom is -0.390 e. The van der Waals surface area contributed by atoms with E-state index in [-0.39, 0.29) is 6.04 Å². The first kappa shape index (κ1) is 28.7. The molecule has 6 aliphatic rings. The lowest BCUT2D eigenvalue weighted by Crippen LogP contribution is -2.62. The molecular weight excluding hydrogens is 568 g/mol. The largest absolute Gasteiger partial charge is 0.431 e. The Balaban J connectivity index is 0.995. The number of hydrogen-bond acceptors (Lipinski definition) is 9. The Hall–Kier alpha value is -3.09. The summed E-state index contributed by atoms with van der Waals surface area (Å²) in [7, 11) is -3.25. The van der Waals surface area contributed by atoms with E-state index in [2.05, 4.69) is 15.1 Å². The summed E-state index contributed by atoms with van der Waals surface area (Å²) in [5, 5.41) is 15.3. The van der Waals surface area contributed by atoms with Gasteiger partial charge in [0.25, 0.3) is 0 Å². The smallest absolute Gasteiger partial charge is 0.390 e. The lowest BCUT2D eigenvalue weighted by Gasteiger charge is -2.57. The normalized spacial score (nSPS) is 30.5. The van der Waals surface area contributed by atoms with Crippen molar-refractivity contribution in [3.05, 3.63) is 42.6 Å². The Morgan fingerprint density at radius 2 is 1.67 bits per heavy atom. The number of anilines is 4. The molecule has 232 valence electrons. The van der Waals surface area contributed by atoms with Crippen LogP contribution in [0, 0.1) is 17.8 Å². The first-order valence-corrected chi connectivity index (χ1v) is 17.1. The molecule has 1 saturated heterocycles. The van der Waals surface area contributed by atoms with Crippen LogP contribution in [0.25, 0.3) is 0 Å². The predicted molar refractivity (Wildman–Crippen MR) is 165 cm³/mol. The van der Waals surface area contributed by atoms with Crippen LogP contribution < -0.4 is 20.2 Å². The number of aliphatic hydroxyl groups is 1. The number of hydrogen-bond donors (Lipinski definition) is 2. The first-order valence-electron chi connectivity index (χ1n) is 15.6. The van der Waals surface area contributed by atoms with Crippen LogP contribution in [0.2, 0.25) is 0 Å². The highest BCUT2D eigenvalue weighted by Crippen LogP contribution is 2.55. The summed E-state index contributed by atoms with van der Waals surface area (Å²) in [6.45, 7) is 6.70. The molecule has 2 N–H and O–H groups in total. The topological polar surface area (TPSA) is 119 Å². The molecule has 4 saturated carbocycles. The van der Waals surface area contributed by atoms with Crippen LogP contribution in [0.15, 0.2) is 42.6 Å². The number of piperazine rings is 1. The standard InChI is InChI=1S/C31H42N6O5S/c1-21(2)43(40,41)35-11-9-34(10-12-35)25-7-8-28(32-20-25)36-13-14-37(27-6-4-3-5-26(27)36)42-30(38)33-29-23-15-22-16-24(29)19-31(39,17-22)18-23/h3-8,20-24,29,39H,9-19H2,1-2H3,(H,33,38)/t22?,23-,24+,29?,31?. The highest BCUT2D eigenvalue weighted by Gasteiger charge is 2.55. The van der Waals surface area contributed by atoms with Crippen LogP contribution in [-0.4, -0.2) is 85.1 Å². The van der Waals surface area contributed by atoms with E-state index in [4.69, 9.17) is 9.82 Å². The van der Waals surface area contributed by atoms with E-state index >= 15 is 0 Å². The molecule has 0 radical (unpaired) electrons. The predicted octanol–water partition coefficient (Wildman–Crippen LogP) is 3.48. The number of carbonyl (C=O) groups excluding carboxylic acids is 1. The second-order valence-corrected chi connectivity index (χ2v) is 15.8. The van der Waals surface area contributed by atoms with Crippen LogP contribution in [0.3, 0.4) is 0 Å². The maximum Gasteiger partial charge on any atom is 0.431 e. The lowest BCUT2D eigenvalue weighted by atomic mass is 9.52. The van der Waals surface area contributed by atoms with Crippen LogP contribution in [0.5, 0.6) is 0 Å². The number of sulfonamides is 1. The van der Waals surface area contributed by atoms with Gasteiger partial charge >= 0.3 is 6.09 Å². The number of para-hydroxylation sites is 2. The average molecular weight is 611 g/mol. The van der Waals surface area contributed by atoms with Gasteiger partial charge in [-0.05, 0) is 88.0 Å². The number of carbonyl (C=O) groups is 1. The monoisotopic (exact) mass is 610 g/mol. The second-order valence-electron chi connectivity index (χ2n) is 13.3. The third-order valence-corrected chi connectivity index (χ3v) is 12.5. The van der Waals surface area contributed by atoms with Crippen molar-refractivity contribution in [2.45, 2.75) is 62.8 Å². The van der Waals surface area contributed by atoms with E-state index in [1.165, 1.54) is 0 Å². The summed E-state index contributed by atoms with van der Waals surface area (Å²) in [5.41, 5.74) is 2.14. The highest BCUT2D eigenvalue weighted by atomic mass is 32.2. The Morgan fingerprint density at radius 1 is 0.977 bits per heavy atom. The third-order valence-electron chi connectivity index (χ3n) is 10.3. The van der Waals surface area contributed by atoms with Crippen molar-refractivity contribution in [3.63, 3.8) is 0 Å². The number of aromatic nitrogens is 1. The summed E-state index contributed by atoms with van der Waals surface area (Å²) < 4.78 is 26.6. The van der Waals surface area contributed by atoms with Crippen LogP contribution in [-0.2, 0) is 14.9 Å². The van der Waals surface area contributed by atoms with Gasteiger partial charge in [0.05, 0.1) is 40.7 Å². The minimum absolute atomic E-state index is 0.0613. The summed E-state index contributed by atoms with van der Waals surface area (Å²) in [6, 6.07) is 11.9. The van der Waals surface area contributed by atoms with Gasteiger partial charge in [-0.15, -0.1) is 0 Å². The van der Waals surface area contributed by atoms with E-state index < -0.39 is 27.0 Å². The van der Waals surface area contributed by atoms with Gasteiger partial charge in [0.15, 0.2) is 0 Å². The van der Waals surface area contributed by atoms with Gasteiger partial charge in [0.1, 0.15) is 5.82 Å². The lowest BCUT2D eigenvalue weighted by molar-refractivity contribution is -0.137. The van der Waals surface area contributed by atoms with Gasteiger partial charge in [0, 0.05) is 38.8 Å². The minimum atomic E-state index is -3.25. The van der Waals surface area contributed by atoms with Crippen LogP contribution in [0.4, 0.5) is 27.7 Å². The maximum atomic E-state index is 13.1. The zero-order valence-electron chi connectivity index (χ0n) is 24.9. The molecule has 3 heterocycles. The summed E-state index contributed by atoms with van der Waals surface area (Å²) in [4.78, 5) is 28.1. The van der Waals surface area contributed by atoms with Crippen molar-refractivity contribution in [2.75, 3.05) is 54.1 Å². The fraction of sp³-hybridized carbons (Fsp3) is 0.613. The van der Waals surface area contributed by atoms with Crippen molar-refractivity contribution >= 4 is 39.0 Å². The molecule has 1 amide bonds. The summed E-state index contributed by atoms with van der Waals surface area (Å²) in [5.74, 6) is 2.02. The highest BCUT2D eigenvalue weighted by molar-refractivity contribution is 7.89. The van der Waals surface area contributed by atoms with Crippen molar-refractivity contribution < 1.29 is 23.2 Å². The fourth-order valence-corrected chi connectivity index (χ4v) is 9.64. The van der Waals surface area contributed by atoms with E-state index in [1.54, 1.807) is 23.2 Å². The Morgan fingerprint density at radius 3 is 2.30 bits per heavy atom. The summed E-state index contributed by atoms with van der Waals surface area (Å²) in [6.07, 6.45) is 6.03. The molecule has 0 spiro atoms. The van der Waals surface area contributed by atoms with Gasteiger partial charge in [-0.2, -0.15) is 4.31 Å². The molecule has 2 aromatic rings. The molecule has 4 bridgehead atoms. The van der Waals surface area contributed by atoms with E-state index in [9.17, 15) is 18.3 Å². The van der Waals surface area contributed by atoms with Gasteiger partial charge in [-0.3, -0.25) is 0 Å². The molecule has 2 aliphatic heterocycles. The molecule has 1 aromatic heterocycles. The maximum absolute atomic E-state index is 13.1. The zero-order chi connectivity index (χ0) is 29.9. The first-order chi connectivity index (χ1) is 20.6. The number of nitrogens with zero attached hydrogens (tertiary/aromatic N) is 5. The van der Waals surface area contributed by atoms with Crippen molar-refractivity contribution in [2.24, 2.45) is 17.8 Å². The van der Waals surface area contributed by atoms with Crippen LogP contribution >= 0.6 is 0 Å². The van der Waals surface area contributed by atoms with Crippen molar-refractivity contribution in [3.8, 4) is 0 Å². The number of nitrogens with one attached hydrogen (secondary N) is 1. The third kappa shape index (κ3) is 5.31.